The van der Waals surface area contributed by atoms with Gasteiger partial charge in [-0.3, -0.25) is 14.7 Å². The van der Waals surface area contributed by atoms with Gasteiger partial charge >= 0.3 is 0 Å². The molecule has 0 radical (unpaired) electrons. The molecule has 1 aliphatic rings. The molecule has 0 aliphatic carbocycles. The molecule has 8 heteroatoms. The first kappa shape index (κ1) is 19.3. The van der Waals surface area contributed by atoms with Crippen LogP contribution in [0, 0.1) is 5.92 Å². The van der Waals surface area contributed by atoms with E-state index in [1.807, 2.05) is 0 Å². The SMILES string of the molecule is CN=C(NCc1ccc(C(N)=O)o1)NCC1CN(CC(C)C)CCO1. The molecule has 0 saturated carbocycles. The third-order valence-corrected chi connectivity index (χ3v) is 3.90. The van der Waals surface area contributed by atoms with Gasteiger partial charge in [-0.05, 0) is 18.1 Å². The molecular formula is C17H29N5O3. The number of amides is 1. The molecule has 2 rings (SSSR count). The summed E-state index contributed by atoms with van der Waals surface area (Å²) in [5, 5.41) is 6.41. The van der Waals surface area contributed by atoms with Gasteiger partial charge < -0.3 is 25.5 Å². The van der Waals surface area contributed by atoms with Gasteiger partial charge in [0.2, 0.25) is 0 Å². The second kappa shape index (κ2) is 9.43. The van der Waals surface area contributed by atoms with Gasteiger partial charge in [0.15, 0.2) is 11.7 Å². The lowest BCUT2D eigenvalue weighted by atomic mass is 10.2. The average Bonchev–Trinajstić information content (AvgIpc) is 3.04. The maximum Gasteiger partial charge on any atom is 0.284 e. The van der Waals surface area contributed by atoms with Gasteiger partial charge in [-0.2, -0.15) is 0 Å². The number of furan rings is 1. The Morgan fingerprint density at radius 3 is 2.88 bits per heavy atom. The van der Waals surface area contributed by atoms with Crippen LogP contribution in [0.2, 0.25) is 0 Å². The van der Waals surface area contributed by atoms with Crippen molar-refractivity contribution in [3.63, 3.8) is 0 Å². The van der Waals surface area contributed by atoms with E-state index in [0.29, 0.717) is 30.7 Å². The highest BCUT2D eigenvalue weighted by Crippen LogP contribution is 2.08. The third kappa shape index (κ3) is 6.39. The molecule has 0 bridgehead atoms. The van der Waals surface area contributed by atoms with Crippen molar-refractivity contribution in [1.29, 1.82) is 0 Å². The number of nitrogens with one attached hydrogen (secondary N) is 2. The fourth-order valence-corrected chi connectivity index (χ4v) is 2.79. The highest BCUT2D eigenvalue weighted by Gasteiger charge is 2.21. The lowest BCUT2D eigenvalue weighted by Crippen LogP contribution is -2.50. The number of carbonyl (C=O) groups is 1. The highest BCUT2D eigenvalue weighted by atomic mass is 16.5. The van der Waals surface area contributed by atoms with Crippen LogP contribution in [-0.2, 0) is 11.3 Å². The average molecular weight is 351 g/mol. The Hall–Kier alpha value is -2.06. The molecule has 140 valence electrons. The minimum atomic E-state index is -0.575. The van der Waals surface area contributed by atoms with E-state index in [-0.39, 0.29) is 11.9 Å². The first-order valence-electron chi connectivity index (χ1n) is 8.65. The predicted molar refractivity (Wildman–Crippen MR) is 96.4 cm³/mol. The van der Waals surface area contributed by atoms with E-state index in [1.165, 1.54) is 0 Å². The number of morpholine rings is 1. The summed E-state index contributed by atoms with van der Waals surface area (Å²) >= 11 is 0. The fraction of sp³-hybridized carbons (Fsp3) is 0.647. The van der Waals surface area contributed by atoms with E-state index in [4.69, 9.17) is 14.9 Å². The summed E-state index contributed by atoms with van der Waals surface area (Å²) in [6, 6.07) is 3.28. The lowest BCUT2D eigenvalue weighted by Gasteiger charge is -2.34. The van der Waals surface area contributed by atoms with Crippen LogP contribution in [0.1, 0.15) is 30.2 Å². The number of hydrogen-bond donors (Lipinski definition) is 3. The highest BCUT2D eigenvalue weighted by molar-refractivity contribution is 5.89. The van der Waals surface area contributed by atoms with Gasteiger partial charge in [0, 0.05) is 33.2 Å². The Kier molecular flexibility index (Phi) is 7.27. The maximum atomic E-state index is 11.0. The normalized spacial score (nSPS) is 19.2. The molecule has 1 aromatic rings. The van der Waals surface area contributed by atoms with Gasteiger partial charge in [0.05, 0.1) is 19.3 Å². The topological polar surface area (TPSA) is 105 Å². The zero-order chi connectivity index (χ0) is 18.2. The molecule has 0 spiro atoms. The third-order valence-electron chi connectivity index (χ3n) is 3.90. The van der Waals surface area contributed by atoms with Crippen molar-refractivity contribution < 1.29 is 13.9 Å². The van der Waals surface area contributed by atoms with E-state index in [0.717, 1.165) is 26.2 Å². The van der Waals surface area contributed by atoms with Crippen molar-refractivity contribution in [3.05, 3.63) is 23.7 Å². The minimum absolute atomic E-state index is 0.135. The summed E-state index contributed by atoms with van der Waals surface area (Å²) in [5.74, 6) is 1.50. The number of primary amides is 1. The van der Waals surface area contributed by atoms with E-state index in [2.05, 4.69) is 34.4 Å². The summed E-state index contributed by atoms with van der Waals surface area (Å²) in [7, 11) is 1.71. The second-order valence-electron chi connectivity index (χ2n) is 6.58. The zero-order valence-corrected chi connectivity index (χ0v) is 15.2. The maximum absolute atomic E-state index is 11.0. The summed E-state index contributed by atoms with van der Waals surface area (Å²) in [5.41, 5.74) is 5.17. The number of nitrogens with zero attached hydrogens (tertiary/aromatic N) is 2. The van der Waals surface area contributed by atoms with E-state index < -0.39 is 5.91 Å². The van der Waals surface area contributed by atoms with Gasteiger partial charge in [0.25, 0.3) is 5.91 Å². The minimum Gasteiger partial charge on any atom is -0.454 e. The standard InChI is InChI=1S/C17H29N5O3/c1-12(2)10-22-6-7-24-14(11-22)9-21-17(19-3)20-8-13-4-5-15(25-13)16(18)23/h4-5,12,14H,6-11H2,1-3H3,(H2,18,23)(H2,19,20,21). The molecule has 1 fully saturated rings. The summed E-state index contributed by atoms with van der Waals surface area (Å²) in [6.45, 7) is 9.31. The Morgan fingerprint density at radius 1 is 1.44 bits per heavy atom. The molecule has 0 aromatic carbocycles. The first-order valence-corrected chi connectivity index (χ1v) is 8.65. The smallest absolute Gasteiger partial charge is 0.284 e. The van der Waals surface area contributed by atoms with Crippen molar-refractivity contribution in [2.24, 2.45) is 16.6 Å². The van der Waals surface area contributed by atoms with E-state index in [9.17, 15) is 4.79 Å². The van der Waals surface area contributed by atoms with Crippen LogP contribution >= 0.6 is 0 Å². The Balaban J connectivity index is 1.75. The number of ether oxygens (including phenoxy) is 1. The van der Waals surface area contributed by atoms with Gasteiger partial charge in [0.1, 0.15) is 5.76 Å². The van der Waals surface area contributed by atoms with Crippen LogP contribution in [0.15, 0.2) is 21.5 Å². The molecule has 2 heterocycles. The predicted octanol–water partition coefficient (Wildman–Crippen LogP) is 0.400. The van der Waals surface area contributed by atoms with Crippen molar-refractivity contribution in [2.75, 3.05) is 39.8 Å². The molecular weight excluding hydrogens is 322 g/mol. The van der Waals surface area contributed by atoms with Crippen LogP contribution < -0.4 is 16.4 Å². The van der Waals surface area contributed by atoms with Gasteiger partial charge in [-0.1, -0.05) is 13.8 Å². The molecule has 1 atom stereocenters. The van der Waals surface area contributed by atoms with Crippen LogP contribution in [0.4, 0.5) is 0 Å². The molecule has 1 saturated heterocycles. The number of rotatable bonds is 7. The second-order valence-corrected chi connectivity index (χ2v) is 6.58. The van der Waals surface area contributed by atoms with Crippen LogP contribution in [-0.4, -0.2) is 62.7 Å². The van der Waals surface area contributed by atoms with Crippen LogP contribution in [0.3, 0.4) is 0 Å². The fourth-order valence-electron chi connectivity index (χ4n) is 2.79. The van der Waals surface area contributed by atoms with E-state index >= 15 is 0 Å². The molecule has 1 amide bonds. The molecule has 25 heavy (non-hydrogen) atoms. The summed E-state index contributed by atoms with van der Waals surface area (Å²) in [6.07, 6.45) is 0.135. The molecule has 1 aromatic heterocycles. The Morgan fingerprint density at radius 2 is 2.24 bits per heavy atom. The molecule has 4 N–H and O–H groups in total. The number of hydrogen-bond acceptors (Lipinski definition) is 5. The van der Waals surface area contributed by atoms with E-state index in [1.54, 1.807) is 19.2 Å². The number of guanidine groups is 1. The number of nitrogens with two attached hydrogens (primary N) is 1. The Bertz CT molecular complexity index is 585. The van der Waals surface area contributed by atoms with Crippen LogP contribution in [0.5, 0.6) is 0 Å². The van der Waals surface area contributed by atoms with Crippen molar-refractivity contribution in [2.45, 2.75) is 26.5 Å². The largest absolute Gasteiger partial charge is 0.454 e. The summed E-state index contributed by atoms with van der Waals surface area (Å²) < 4.78 is 11.2. The van der Waals surface area contributed by atoms with Crippen molar-refractivity contribution in [3.8, 4) is 0 Å². The first-order chi connectivity index (χ1) is 12.0. The Labute approximate surface area is 148 Å². The monoisotopic (exact) mass is 351 g/mol. The van der Waals surface area contributed by atoms with Crippen molar-refractivity contribution >= 4 is 11.9 Å². The van der Waals surface area contributed by atoms with Gasteiger partial charge in [-0.25, -0.2) is 0 Å². The summed E-state index contributed by atoms with van der Waals surface area (Å²) in [4.78, 5) is 17.7. The molecule has 1 unspecified atom stereocenters. The molecule has 8 nitrogen and oxygen atoms in total. The van der Waals surface area contributed by atoms with Crippen molar-refractivity contribution in [1.82, 2.24) is 15.5 Å². The number of carbonyl (C=O) groups excluding carboxylic acids is 1. The quantitative estimate of drug-likeness (QED) is 0.485. The lowest BCUT2D eigenvalue weighted by molar-refractivity contribution is -0.0284. The van der Waals surface area contributed by atoms with Crippen LogP contribution in [0.25, 0.3) is 0 Å². The molecule has 1 aliphatic heterocycles. The van der Waals surface area contributed by atoms with Gasteiger partial charge in [-0.15, -0.1) is 0 Å². The zero-order valence-electron chi connectivity index (χ0n) is 15.2. The number of aliphatic imine (C=N–C) groups is 1.